The van der Waals surface area contributed by atoms with Gasteiger partial charge in [-0.15, -0.1) is 0 Å². The second kappa shape index (κ2) is 6.61. The fraction of sp³-hybridized carbons (Fsp3) is 0.267. The van der Waals surface area contributed by atoms with E-state index in [1.165, 1.54) is 0 Å². The van der Waals surface area contributed by atoms with Crippen molar-refractivity contribution >= 4 is 21.6 Å². The highest BCUT2D eigenvalue weighted by molar-refractivity contribution is 9.10. The van der Waals surface area contributed by atoms with Gasteiger partial charge in [0.2, 0.25) is 5.88 Å². The van der Waals surface area contributed by atoms with Gasteiger partial charge < -0.3 is 15.2 Å². The van der Waals surface area contributed by atoms with Crippen LogP contribution >= 0.6 is 15.9 Å². The smallest absolute Gasteiger partial charge is 0.237 e. The van der Waals surface area contributed by atoms with Crippen LogP contribution in [0.1, 0.15) is 19.4 Å². The van der Waals surface area contributed by atoms with Crippen LogP contribution in [0.4, 0.5) is 5.69 Å². The Bertz CT molecular complexity index is 588. The number of hydrogen-bond acceptors (Lipinski definition) is 4. The summed E-state index contributed by atoms with van der Waals surface area (Å²) in [6, 6.07) is 9.30. The number of hydrogen-bond donors (Lipinski definition) is 2. The Labute approximate surface area is 126 Å². The molecule has 5 heteroatoms. The Morgan fingerprint density at radius 2 is 2.10 bits per heavy atom. The van der Waals surface area contributed by atoms with Crippen molar-refractivity contribution in [2.75, 3.05) is 5.32 Å². The summed E-state index contributed by atoms with van der Waals surface area (Å²) in [6.07, 6.45) is 1.75. The SMILES string of the molecule is CC(C)Oc1ncccc1NCc1cccc(Br)c1O. The molecule has 0 saturated carbocycles. The number of phenolic OH excluding ortho intramolecular Hbond substituents is 1. The van der Waals surface area contributed by atoms with E-state index >= 15 is 0 Å². The van der Waals surface area contributed by atoms with Crippen molar-refractivity contribution in [1.82, 2.24) is 4.98 Å². The van der Waals surface area contributed by atoms with Gasteiger partial charge in [0.05, 0.1) is 16.3 Å². The van der Waals surface area contributed by atoms with Crippen molar-refractivity contribution in [3.05, 3.63) is 46.6 Å². The maximum atomic E-state index is 9.96. The van der Waals surface area contributed by atoms with Gasteiger partial charge in [-0.05, 0) is 48.0 Å². The van der Waals surface area contributed by atoms with E-state index in [0.29, 0.717) is 16.9 Å². The van der Waals surface area contributed by atoms with E-state index in [-0.39, 0.29) is 11.9 Å². The summed E-state index contributed by atoms with van der Waals surface area (Å²) in [5.74, 6) is 0.812. The molecule has 0 bridgehead atoms. The number of phenols is 1. The number of anilines is 1. The van der Waals surface area contributed by atoms with Gasteiger partial charge in [0, 0.05) is 18.3 Å². The summed E-state index contributed by atoms with van der Waals surface area (Å²) in [5.41, 5.74) is 1.61. The van der Waals surface area contributed by atoms with Gasteiger partial charge >= 0.3 is 0 Å². The van der Waals surface area contributed by atoms with Gasteiger partial charge in [0.1, 0.15) is 5.75 Å². The number of ether oxygens (including phenoxy) is 1. The standard InChI is InChI=1S/C15H17BrN2O2/c1-10(2)20-15-13(7-4-8-17-15)18-9-11-5-3-6-12(16)14(11)19/h3-8,10,18-19H,9H2,1-2H3. The second-order valence-electron chi connectivity index (χ2n) is 4.62. The minimum atomic E-state index is 0.0599. The zero-order valence-electron chi connectivity index (χ0n) is 11.4. The van der Waals surface area contributed by atoms with Crippen LogP contribution in [-0.2, 0) is 6.54 Å². The molecule has 2 aromatic rings. The van der Waals surface area contributed by atoms with Crippen LogP contribution in [0.15, 0.2) is 41.0 Å². The highest BCUT2D eigenvalue weighted by atomic mass is 79.9. The van der Waals surface area contributed by atoms with Crippen LogP contribution in [0.5, 0.6) is 11.6 Å². The molecular weight excluding hydrogens is 320 g/mol. The first-order valence-corrected chi connectivity index (χ1v) is 7.19. The van der Waals surface area contributed by atoms with Gasteiger partial charge in [-0.25, -0.2) is 4.98 Å². The van der Waals surface area contributed by atoms with Crippen molar-refractivity contribution in [2.24, 2.45) is 0 Å². The fourth-order valence-electron chi connectivity index (χ4n) is 1.74. The van der Waals surface area contributed by atoms with Gasteiger partial charge in [-0.3, -0.25) is 0 Å². The molecule has 4 nitrogen and oxygen atoms in total. The van der Waals surface area contributed by atoms with E-state index in [4.69, 9.17) is 4.74 Å². The lowest BCUT2D eigenvalue weighted by Gasteiger charge is -2.14. The molecule has 0 amide bonds. The number of halogens is 1. The monoisotopic (exact) mass is 336 g/mol. The molecule has 1 aromatic heterocycles. The van der Waals surface area contributed by atoms with E-state index in [2.05, 4.69) is 26.2 Å². The highest BCUT2D eigenvalue weighted by Crippen LogP contribution is 2.29. The van der Waals surface area contributed by atoms with E-state index in [1.54, 1.807) is 12.3 Å². The molecule has 2 N–H and O–H groups in total. The van der Waals surface area contributed by atoms with Gasteiger partial charge in [0.15, 0.2) is 0 Å². The largest absolute Gasteiger partial charge is 0.506 e. The van der Waals surface area contributed by atoms with Crippen LogP contribution in [0.3, 0.4) is 0 Å². The number of rotatable bonds is 5. The Morgan fingerprint density at radius 1 is 1.30 bits per heavy atom. The molecule has 20 heavy (non-hydrogen) atoms. The molecule has 106 valence electrons. The number of nitrogens with one attached hydrogen (secondary N) is 1. The maximum Gasteiger partial charge on any atom is 0.237 e. The molecule has 0 saturated heterocycles. The third-order valence-electron chi connectivity index (χ3n) is 2.66. The van der Waals surface area contributed by atoms with Gasteiger partial charge in [-0.1, -0.05) is 12.1 Å². The molecule has 0 spiro atoms. The fourth-order valence-corrected chi connectivity index (χ4v) is 2.14. The lowest BCUT2D eigenvalue weighted by Crippen LogP contribution is -2.10. The van der Waals surface area contributed by atoms with Crippen LogP contribution in [0, 0.1) is 0 Å². The molecule has 1 aromatic carbocycles. The summed E-state index contributed by atoms with van der Waals surface area (Å²) in [4.78, 5) is 4.21. The minimum Gasteiger partial charge on any atom is -0.506 e. The number of nitrogens with zero attached hydrogens (tertiary/aromatic N) is 1. The zero-order valence-corrected chi connectivity index (χ0v) is 13.0. The number of pyridine rings is 1. The van der Waals surface area contributed by atoms with E-state index in [1.807, 2.05) is 38.1 Å². The molecule has 0 atom stereocenters. The quantitative estimate of drug-likeness (QED) is 0.867. The van der Waals surface area contributed by atoms with Crippen molar-refractivity contribution in [1.29, 1.82) is 0 Å². The predicted molar refractivity (Wildman–Crippen MR) is 83.1 cm³/mol. The first-order chi connectivity index (χ1) is 9.58. The number of benzene rings is 1. The van der Waals surface area contributed by atoms with Crippen molar-refractivity contribution in [3.8, 4) is 11.6 Å². The molecule has 1 heterocycles. The summed E-state index contributed by atoms with van der Waals surface area (Å²) in [6.45, 7) is 4.41. The van der Waals surface area contributed by atoms with Crippen LogP contribution < -0.4 is 10.1 Å². The third-order valence-corrected chi connectivity index (χ3v) is 3.30. The molecule has 0 aliphatic heterocycles. The zero-order chi connectivity index (χ0) is 14.5. The highest BCUT2D eigenvalue weighted by Gasteiger charge is 2.08. The van der Waals surface area contributed by atoms with E-state index in [0.717, 1.165) is 11.3 Å². The minimum absolute atomic E-state index is 0.0599. The van der Waals surface area contributed by atoms with E-state index in [9.17, 15) is 5.11 Å². The molecule has 2 rings (SSSR count). The Hall–Kier alpha value is -1.75. The first kappa shape index (κ1) is 14.7. The van der Waals surface area contributed by atoms with Gasteiger partial charge in [-0.2, -0.15) is 0 Å². The summed E-state index contributed by atoms with van der Waals surface area (Å²) in [5, 5.41) is 13.2. The Kier molecular flexibility index (Phi) is 4.84. The van der Waals surface area contributed by atoms with Crippen molar-refractivity contribution < 1.29 is 9.84 Å². The van der Waals surface area contributed by atoms with Gasteiger partial charge in [0.25, 0.3) is 0 Å². The molecular formula is C15H17BrN2O2. The number of aromatic nitrogens is 1. The molecule has 0 aliphatic carbocycles. The predicted octanol–water partition coefficient (Wildman–Crippen LogP) is 3.95. The Morgan fingerprint density at radius 3 is 2.85 bits per heavy atom. The number of aromatic hydroxyl groups is 1. The average Bonchev–Trinajstić information content (AvgIpc) is 2.41. The second-order valence-corrected chi connectivity index (χ2v) is 5.48. The molecule has 0 aliphatic rings. The molecule has 0 fully saturated rings. The van der Waals surface area contributed by atoms with Crippen molar-refractivity contribution in [2.45, 2.75) is 26.5 Å². The number of para-hydroxylation sites is 1. The van der Waals surface area contributed by atoms with Crippen molar-refractivity contribution in [3.63, 3.8) is 0 Å². The van der Waals surface area contributed by atoms with Crippen LogP contribution in [0.25, 0.3) is 0 Å². The first-order valence-electron chi connectivity index (χ1n) is 6.40. The molecule has 0 radical (unpaired) electrons. The Balaban J connectivity index is 2.13. The van der Waals surface area contributed by atoms with E-state index < -0.39 is 0 Å². The normalized spacial score (nSPS) is 10.6. The van der Waals surface area contributed by atoms with Crippen LogP contribution in [0.2, 0.25) is 0 Å². The van der Waals surface area contributed by atoms with Crippen LogP contribution in [-0.4, -0.2) is 16.2 Å². The lowest BCUT2D eigenvalue weighted by atomic mass is 10.2. The third kappa shape index (κ3) is 3.63. The summed E-state index contributed by atoms with van der Waals surface area (Å²) in [7, 11) is 0. The molecule has 0 unspecified atom stereocenters. The summed E-state index contributed by atoms with van der Waals surface area (Å²) >= 11 is 3.30. The maximum absolute atomic E-state index is 9.96. The average molecular weight is 337 g/mol. The lowest BCUT2D eigenvalue weighted by molar-refractivity contribution is 0.234. The summed E-state index contributed by atoms with van der Waals surface area (Å²) < 4.78 is 6.32. The topological polar surface area (TPSA) is 54.4 Å².